The van der Waals surface area contributed by atoms with Crippen molar-refractivity contribution in [3.63, 3.8) is 0 Å². The van der Waals surface area contributed by atoms with Crippen LogP contribution >= 0.6 is 11.8 Å². The lowest BCUT2D eigenvalue weighted by atomic mass is 10.0. The number of hydrogen-bond acceptors (Lipinski definition) is 3. The Kier molecular flexibility index (Phi) is 5.12. The summed E-state index contributed by atoms with van der Waals surface area (Å²) in [5.74, 6) is 0.442. The lowest BCUT2D eigenvalue weighted by molar-refractivity contribution is -0.144. The molecule has 1 aliphatic rings. The van der Waals surface area contributed by atoms with Crippen LogP contribution in [0, 0.1) is 5.92 Å². The molecule has 0 N–H and O–H groups in total. The number of carbonyl (C=O) groups excluding carboxylic acids is 1. The molecule has 3 heteroatoms. The molecule has 1 fully saturated rings. The number of hydrogen-bond donors (Lipinski definition) is 0. The summed E-state index contributed by atoms with van der Waals surface area (Å²) in [7, 11) is 0. The van der Waals surface area contributed by atoms with Gasteiger partial charge in [0, 0.05) is 16.6 Å². The average Bonchev–Trinajstić information content (AvgIpc) is 2.78. The van der Waals surface area contributed by atoms with Crippen molar-refractivity contribution in [3.05, 3.63) is 30.3 Å². The number of benzene rings is 1. The van der Waals surface area contributed by atoms with Crippen LogP contribution in [0.1, 0.15) is 32.6 Å². The minimum absolute atomic E-state index is 0.0388. The summed E-state index contributed by atoms with van der Waals surface area (Å²) in [6.45, 7) is 2.35. The highest BCUT2D eigenvalue weighted by Crippen LogP contribution is 2.40. The van der Waals surface area contributed by atoms with Crippen molar-refractivity contribution in [2.45, 2.75) is 42.8 Å². The summed E-state index contributed by atoms with van der Waals surface area (Å²) in [5.41, 5.74) is 0. The number of carbonyl (C=O) groups is 1. The zero-order valence-electron chi connectivity index (χ0n) is 10.8. The van der Waals surface area contributed by atoms with Gasteiger partial charge in [0.05, 0.1) is 6.61 Å². The van der Waals surface area contributed by atoms with E-state index in [0.29, 0.717) is 24.2 Å². The highest BCUT2D eigenvalue weighted by atomic mass is 32.2. The quantitative estimate of drug-likeness (QED) is 0.754. The topological polar surface area (TPSA) is 26.3 Å². The molecule has 0 heterocycles. The van der Waals surface area contributed by atoms with Gasteiger partial charge in [0.1, 0.15) is 0 Å². The van der Waals surface area contributed by atoms with Crippen molar-refractivity contribution < 1.29 is 9.53 Å². The molecule has 1 saturated carbocycles. The monoisotopic (exact) mass is 264 g/mol. The Morgan fingerprint density at radius 3 is 2.83 bits per heavy atom. The highest BCUT2D eigenvalue weighted by molar-refractivity contribution is 8.00. The SMILES string of the molecule is CCOC(=O)C[C@@H]1CCC[C@@H]1Sc1ccccc1. The molecule has 1 aliphatic carbocycles. The number of ether oxygens (including phenoxy) is 1. The maximum Gasteiger partial charge on any atom is 0.306 e. The van der Waals surface area contributed by atoms with Gasteiger partial charge in [-0.2, -0.15) is 0 Å². The highest BCUT2D eigenvalue weighted by Gasteiger charge is 2.30. The molecule has 0 saturated heterocycles. The zero-order chi connectivity index (χ0) is 12.8. The van der Waals surface area contributed by atoms with Crippen molar-refractivity contribution in [1.29, 1.82) is 0 Å². The van der Waals surface area contributed by atoms with Crippen LogP contribution in [0.3, 0.4) is 0 Å². The molecule has 2 nitrogen and oxygen atoms in total. The predicted molar refractivity (Wildman–Crippen MR) is 74.7 cm³/mol. The normalized spacial score (nSPS) is 22.9. The summed E-state index contributed by atoms with van der Waals surface area (Å²) in [6, 6.07) is 10.5. The van der Waals surface area contributed by atoms with Crippen molar-refractivity contribution >= 4 is 17.7 Å². The first-order chi connectivity index (χ1) is 8.79. The summed E-state index contributed by atoms with van der Waals surface area (Å²) in [5, 5.41) is 0.566. The molecule has 98 valence electrons. The number of rotatable bonds is 5. The van der Waals surface area contributed by atoms with Crippen LogP contribution in [-0.2, 0) is 9.53 Å². The minimum atomic E-state index is -0.0388. The van der Waals surface area contributed by atoms with Gasteiger partial charge in [0.15, 0.2) is 0 Å². The van der Waals surface area contributed by atoms with Crippen molar-refractivity contribution in [1.82, 2.24) is 0 Å². The zero-order valence-corrected chi connectivity index (χ0v) is 11.6. The standard InChI is InChI=1S/C15H20O2S/c1-2-17-15(16)11-12-7-6-10-14(12)18-13-8-4-3-5-9-13/h3-5,8-9,12,14H,2,6-7,10-11H2,1H3/t12-,14-/m0/s1. The molecule has 0 unspecified atom stereocenters. The third-order valence-corrected chi connectivity index (χ3v) is 4.82. The molecule has 0 spiro atoms. The van der Waals surface area contributed by atoms with Gasteiger partial charge in [-0.3, -0.25) is 4.79 Å². The van der Waals surface area contributed by atoms with Gasteiger partial charge in [0.25, 0.3) is 0 Å². The molecule has 1 aromatic rings. The van der Waals surface area contributed by atoms with E-state index in [1.807, 2.05) is 24.8 Å². The number of esters is 1. The third kappa shape index (κ3) is 3.77. The van der Waals surface area contributed by atoms with E-state index in [4.69, 9.17) is 4.74 Å². The van der Waals surface area contributed by atoms with E-state index in [1.165, 1.54) is 17.7 Å². The fraction of sp³-hybridized carbons (Fsp3) is 0.533. The van der Waals surface area contributed by atoms with Crippen LogP contribution < -0.4 is 0 Å². The smallest absolute Gasteiger partial charge is 0.306 e. The lowest BCUT2D eigenvalue weighted by Crippen LogP contribution is -2.16. The van der Waals surface area contributed by atoms with Crippen LogP contribution in [0.4, 0.5) is 0 Å². The van der Waals surface area contributed by atoms with Gasteiger partial charge in [-0.25, -0.2) is 0 Å². The molecule has 0 amide bonds. The maximum absolute atomic E-state index is 11.6. The first-order valence-electron chi connectivity index (χ1n) is 6.67. The fourth-order valence-electron chi connectivity index (χ4n) is 2.50. The molecule has 0 radical (unpaired) electrons. The predicted octanol–water partition coefficient (Wildman–Crippen LogP) is 3.90. The first kappa shape index (κ1) is 13.5. The van der Waals surface area contributed by atoms with Crippen LogP contribution in [0.2, 0.25) is 0 Å². The van der Waals surface area contributed by atoms with Crippen LogP contribution in [-0.4, -0.2) is 17.8 Å². The van der Waals surface area contributed by atoms with Gasteiger partial charge in [-0.05, 0) is 37.8 Å². The van der Waals surface area contributed by atoms with Crippen molar-refractivity contribution in [2.75, 3.05) is 6.61 Å². The van der Waals surface area contributed by atoms with Gasteiger partial charge in [-0.1, -0.05) is 24.6 Å². The summed E-state index contributed by atoms with van der Waals surface area (Å²) < 4.78 is 5.05. The van der Waals surface area contributed by atoms with E-state index in [0.717, 1.165) is 6.42 Å². The first-order valence-corrected chi connectivity index (χ1v) is 7.55. The molecule has 2 atom stereocenters. The maximum atomic E-state index is 11.6. The van der Waals surface area contributed by atoms with Gasteiger partial charge < -0.3 is 4.74 Å². The molecule has 2 rings (SSSR count). The summed E-state index contributed by atoms with van der Waals surface area (Å²) in [6.07, 6.45) is 4.18. The van der Waals surface area contributed by atoms with E-state index >= 15 is 0 Å². The Morgan fingerprint density at radius 1 is 1.33 bits per heavy atom. The molecule has 0 aliphatic heterocycles. The Morgan fingerprint density at radius 2 is 2.11 bits per heavy atom. The molecular weight excluding hydrogens is 244 g/mol. The Balaban J connectivity index is 1.89. The van der Waals surface area contributed by atoms with Crippen molar-refractivity contribution in [3.8, 4) is 0 Å². The van der Waals surface area contributed by atoms with Gasteiger partial charge in [-0.15, -0.1) is 11.8 Å². The molecule has 1 aromatic carbocycles. The second-order valence-electron chi connectivity index (χ2n) is 4.67. The van der Waals surface area contributed by atoms with E-state index in [2.05, 4.69) is 24.3 Å². The van der Waals surface area contributed by atoms with Gasteiger partial charge >= 0.3 is 5.97 Å². The summed E-state index contributed by atoms with van der Waals surface area (Å²) in [4.78, 5) is 12.9. The Hall–Kier alpha value is -0.960. The van der Waals surface area contributed by atoms with Crippen LogP contribution in [0.25, 0.3) is 0 Å². The second-order valence-corrected chi connectivity index (χ2v) is 5.98. The molecule has 0 bridgehead atoms. The Labute approximate surface area is 113 Å². The molecule has 0 aromatic heterocycles. The second kappa shape index (κ2) is 6.83. The summed E-state index contributed by atoms with van der Waals surface area (Å²) >= 11 is 1.91. The largest absolute Gasteiger partial charge is 0.466 e. The Bertz CT molecular complexity index is 377. The van der Waals surface area contributed by atoms with E-state index in [9.17, 15) is 4.79 Å². The van der Waals surface area contributed by atoms with Crippen molar-refractivity contribution in [2.24, 2.45) is 5.92 Å². The third-order valence-electron chi connectivity index (χ3n) is 3.35. The lowest BCUT2D eigenvalue weighted by Gasteiger charge is -2.18. The number of thioether (sulfide) groups is 1. The van der Waals surface area contributed by atoms with E-state index in [1.54, 1.807) is 0 Å². The van der Waals surface area contributed by atoms with E-state index < -0.39 is 0 Å². The van der Waals surface area contributed by atoms with E-state index in [-0.39, 0.29) is 5.97 Å². The van der Waals surface area contributed by atoms with Crippen LogP contribution in [0.5, 0.6) is 0 Å². The van der Waals surface area contributed by atoms with Gasteiger partial charge in [0.2, 0.25) is 0 Å². The average molecular weight is 264 g/mol. The molecular formula is C15H20O2S. The fourth-order valence-corrected chi connectivity index (χ4v) is 3.87. The van der Waals surface area contributed by atoms with Crippen LogP contribution in [0.15, 0.2) is 35.2 Å². The molecule has 18 heavy (non-hydrogen) atoms. The minimum Gasteiger partial charge on any atom is -0.466 e.